The molecule has 1 aliphatic rings. The van der Waals surface area contributed by atoms with Gasteiger partial charge in [0, 0.05) is 30.0 Å². The Kier molecular flexibility index (Phi) is 6.39. The van der Waals surface area contributed by atoms with Crippen molar-refractivity contribution in [2.45, 2.75) is 18.9 Å². The van der Waals surface area contributed by atoms with E-state index in [0.29, 0.717) is 28.9 Å². The molecule has 0 aliphatic carbocycles. The fourth-order valence-electron chi connectivity index (χ4n) is 2.93. The molecule has 0 aromatic heterocycles. The van der Waals surface area contributed by atoms with E-state index < -0.39 is 5.97 Å². The number of benzene rings is 2. The van der Waals surface area contributed by atoms with Gasteiger partial charge in [0.2, 0.25) is 0 Å². The van der Waals surface area contributed by atoms with Crippen molar-refractivity contribution in [1.29, 1.82) is 0 Å². The molecule has 1 unspecified atom stereocenters. The number of ether oxygens (including phenoxy) is 2. The molecular weight excluding hydrogens is 360 g/mol. The molecule has 2 N–H and O–H groups in total. The van der Waals surface area contributed by atoms with E-state index in [-0.39, 0.29) is 17.9 Å². The zero-order valence-corrected chi connectivity index (χ0v) is 15.6. The molecule has 1 aliphatic heterocycles. The quantitative estimate of drug-likeness (QED) is 0.749. The van der Waals surface area contributed by atoms with Crippen LogP contribution < -0.4 is 10.6 Å². The molecule has 3 rings (SSSR count). The van der Waals surface area contributed by atoms with E-state index in [1.54, 1.807) is 42.5 Å². The van der Waals surface area contributed by atoms with Crippen molar-refractivity contribution in [3.05, 3.63) is 65.2 Å². The highest BCUT2D eigenvalue weighted by Gasteiger charge is 2.17. The summed E-state index contributed by atoms with van der Waals surface area (Å²) in [4.78, 5) is 36.2. The largest absolute Gasteiger partial charge is 0.465 e. The summed E-state index contributed by atoms with van der Waals surface area (Å²) in [6.45, 7) is 1.23. The zero-order chi connectivity index (χ0) is 19.9. The molecule has 2 amide bonds. The molecule has 0 spiro atoms. The smallest absolute Gasteiger partial charge is 0.337 e. The topological polar surface area (TPSA) is 93.7 Å². The Bertz CT molecular complexity index is 857. The lowest BCUT2D eigenvalue weighted by atomic mass is 10.1. The molecule has 2 aromatic carbocycles. The van der Waals surface area contributed by atoms with E-state index in [9.17, 15) is 14.4 Å². The van der Waals surface area contributed by atoms with Crippen LogP contribution in [0, 0.1) is 0 Å². The van der Waals surface area contributed by atoms with Crippen molar-refractivity contribution >= 4 is 23.5 Å². The zero-order valence-electron chi connectivity index (χ0n) is 15.6. The molecule has 0 radical (unpaired) electrons. The molecule has 28 heavy (non-hydrogen) atoms. The van der Waals surface area contributed by atoms with Crippen LogP contribution in [0.4, 0.5) is 5.69 Å². The van der Waals surface area contributed by atoms with E-state index in [0.717, 1.165) is 19.4 Å². The fraction of sp³-hybridized carbons (Fsp3) is 0.286. The lowest BCUT2D eigenvalue weighted by Gasteiger charge is -2.11. The monoisotopic (exact) mass is 382 g/mol. The van der Waals surface area contributed by atoms with Gasteiger partial charge in [-0.25, -0.2) is 4.79 Å². The maximum Gasteiger partial charge on any atom is 0.337 e. The van der Waals surface area contributed by atoms with E-state index in [2.05, 4.69) is 15.4 Å². The number of nitrogens with one attached hydrogen (secondary N) is 2. The molecule has 0 bridgehead atoms. The van der Waals surface area contributed by atoms with E-state index in [1.807, 2.05) is 0 Å². The molecular formula is C21H22N2O5. The maximum atomic E-state index is 12.4. The average molecular weight is 382 g/mol. The van der Waals surface area contributed by atoms with Crippen LogP contribution in [0.3, 0.4) is 0 Å². The van der Waals surface area contributed by atoms with Crippen LogP contribution in [0.5, 0.6) is 0 Å². The number of hydrogen-bond donors (Lipinski definition) is 2. The first-order valence-corrected chi connectivity index (χ1v) is 9.06. The van der Waals surface area contributed by atoms with Gasteiger partial charge in [0.25, 0.3) is 11.8 Å². The minimum Gasteiger partial charge on any atom is -0.465 e. The first kappa shape index (κ1) is 19.6. The van der Waals surface area contributed by atoms with Crippen molar-refractivity contribution in [3.8, 4) is 0 Å². The second kappa shape index (κ2) is 9.14. The summed E-state index contributed by atoms with van der Waals surface area (Å²) in [5.41, 5.74) is 1.70. The SMILES string of the molecule is COC(=O)c1cccc(NC(=O)c2ccc(C(=O)NCC3CCCO3)cc2)c1. The van der Waals surface area contributed by atoms with Gasteiger partial charge in [-0.2, -0.15) is 0 Å². The third-order valence-corrected chi connectivity index (χ3v) is 4.47. The Labute approximate surface area is 163 Å². The number of methoxy groups -OCH3 is 1. The summed E-state index contributed by atoms with van der Waals surface area (Å²) < 4.78 is 10.2. The molecule has 1 fully saturated rings. The van der Waals surface area contributed by atoms with Crippen molar-refractivity contribution in [1.82, 2.24) is 5.32 Å². The van der Waals surface area contributed by atoms with E-state index in [1.165, 1.54) is 13.2 Å². The molecule has 1 saturated heterocycles. The Morgan fingerprint density at radius 1 is 1.04 bits per heavy atom. The van der Waals surface area contributed by atoms with Crippen molar-refractivity contribution < 1.29 is 23.9 Å². The highest BCUT2D eigenvalue weighted by molar-refractivity contribution is 6.05. The number of anilines is 1. The summed E-state index contributed by atoms with van der Waals surface area (Å²) in [6, 6.07) is 12.8. The number of amides is 2. The van der Waals surface area contributed by atoms with Gasteiger partial charge in [-0.1, -0.05) is 6.07 Å². The summed E-state index contributed by atoms with van der Waals surface area (Å²) >= 11 is 0. The van der Waals surface area contributed by atoms with E-state index in [4.69, 9.17) is 4.74 Å². The summed E-state index contributed by atoms with van der Waals surface area (Å²) in [5, 5.41) is 5.57. The standard InChI is InChI=1S/C21H22N2O5/c1-27-21(26)16-4-2-5-17(12-16)23-20(25)15-9-7-14(8-10-15)19(24)22-13-18-6-3-11-28-18/h2,4-5,7-10,12,18H,3,6,11,13H2,1H3,(H,22,24)(H,23,25). The molecule has 1 atom stereocenters. The van der Waals surface area contributed by atoms with Crippen LogP contribution in [0.25, 0.3) is 0 Å². The molecule has 2 aromatic rings. The molecule has 146 valence electrons. The number of carbonyl (C=O) groups excluding carboxylic acids is 3. The first-order chi connectivity index (χ1) is 13.6. The van der Waals surface area contributed by atoms with Crippen molar-refractivity contribution in [2.24, 2.45) is 0 Å². The number of esters is 1. The van der Waals surface area contributed by atoms with Crippen LogP contribution in [-0.2, 0) is 9.47 Å². The van der Waals surface area contributed by atoms with Crippen LogP contribution in [-0.4, -0.2) is 44.1 Å². The van der Waals surface area contributed by atoms with Gasteiger partial charge in [-0.05, 0) is 55.3 Å². The second-order valence-corrected chi connectivity index (χ2v) is 6.45. The Hall–Kier alpha value is -3.19. The Morgan fingerprint density at radius 2 is 1.75 bits per heavy atom. The lowest BCUT2D eigenvalue weighted by molar-refractivity contribution is 0.0600. The van der Waals surface area contributed by atoms with Crippen LogP contribution in [0.1, 0.15) is 43.9 Å². The molecule has 1 heterocycles. The van der Waals surface area contributed by atoms with Gasteiger partial charge in [0.15, 0.2) is 0 Å². The third kappa shape index (κ3) is 4.95. The van der Waals surface area contributed by atoms with Crippen molar-refractivity contribution in [3.63, 3.8) is 0 Å². The normalized spacial score (nSPS) is 15.7. The summed E-state index contributed by atoms with van der Waals surface area (Å²) in [6.07, 6.45) is 2.05. The third-order valence-electron chi connectivity index (χ3n) is 4.47. The lowest BCUT2D eigenvalue weighted by Crippen LogP contribution is -2.31. The van der Waals surface area contributed by atoms with Crippen LogP contribution in [0.2, 0.25) is 0 Å². The highest BCUT2D eigenvalue weighted by Crippen LogP contribution is 2.14. The summed E-state index contributed by atoms with van der Waals surface area (Å²) in [7, 11) is 1.30. The average Bonchev–Trinajstić information content (AvgIpc) is 3.25. The van der Waals surface area contributed by atoms with Gasteiger partial charge in [-0.15, -0.1) is 0 Å². The van der Waals surface area contributed by atoms with Gasteiger partial charge in [-0.3, -0.25) is 9.59 Å². The number of rotatable bonds is 6. The van der Waals surface area contributed by atoms with E-state index >= 15 is 0 Å². The van der Waals surface area contributed by atoms with Gasteiger partial charge in [0.05, 0.1) is 18.8 Å². The first-order valence-electron chi connectivity index (χ1n) is 9.06. The van der Waals surface area contributed by atoms with Gasteiger partial charge < -0.3 is 20.1 Å². The molecule has 7 heteroatoms. The predicted molar refractivity (Wildman–Crippen MR) is 103 cm³/mol. The Balaban J connectivity index is 1.58. The predicted octanol–water partition coefficient (Wildman–Crippen LogP) is 2.63. The van der Waals surface area contributed by atoms with Crippen molar-refractivity contribution in [2.75, 3.05) is 25.6 Å². The number of hydrogen-bond acceptors (Lipinski definition) is 5. The molecule has 0 saturated carbocycles. The van der Waals surface area contributed by atoms with Gasteiger partial charge in [0.1, 0.15) is 0 Å². The van der Waals surface area contributed by atoms with Crippen LogP contribution in [0.15, 0.2) is 48.5 Å². The highest BCUT2D eigenvalue weighted by atomic mass is 16.5. The minimum atomic E-state index is -0.477. The summed E-state index contributed by atoms with van der Waals surface area (Å²) in [5.74, 6) is -1.02. The number of carbonyl (C=O) groups is 3. The fourth-order valence-corrected chi connectivity index (χ4v) is 2.93. The maximum absolute atomic E-state index is 12.4. The Morgan fingerprint density at radius 3 is 2.39 bits per heavy atom. The minimum absolute atomic E-state index is 0.0785. The molecule has 7 nitrogen and oxygen atoms in total. The van der Waals surface area contributed by atoms with Gasteiger partial charge >= 0.3 is 5.97 Å². The van der Waals surface area contributed by atoms with Crippen LogP contribution >= 0.6 is 0 Å². The second-order valence-electron chi connectivity index (χ2n) is 6.45.